The second kappa shape index (κ2) is 12.1. The van der Waals surface area contributed by atoms with Crippen LogP contribution in [0.25, 0.3) is 0 Å². The van der Waals surface area contributed by atoms with Crippen LogP contribution in [-0.2, 0) is 24.8 Å². The number of benzene rings is 1. The van der Waals surface area contributed by atoms with Gasteiger partial charge in [0, 0.05) is 38.8 Å². The minimum Gasteiger partial charge on any atom is -0.491 e. The summed E-state index contributed by atoms with van der Waals surface area (Å²) in [5, 5.41) is 13.8. The molecular weight excluding hydrogens is 598 g/mol. The van der Waals surface area contributed by atoms with Gasteiger partial charge in [0.2, 0.25) is 25.9 Å². The Hall–Kier alpha value is -2.53. The summed E-state index contributed by atoms with van der Waals surface area (Å²) in [4.78, 5) is 6.53. The number of piperidine rings is 1. The number of hydrogen-bond acceptors (Lipinski definition) is 11. The molecule has 0 radical (unpaired) electrons. The average Bonchev–Trinajstić information content (AvgIpc) is 3.36. The topological polar surface area (TPSA) is 160 Å². The van der Waals surface area contributed by atoms with Crippen molar-refractivity contribution in [2.75, 3.05) is 58.4 Å². The molecule has 43 heavy (non-hydrogen) atoms. The zero-order chi connectivity index (χ0) is 31.0. The second-order valence-electron chi connectivity index (χ2n) is 12.1. The predicted molar refractivity (Wildman–Crippen MR) is 159 cm³/mol. The third-order valence-electron chi connectivity index (χ3n) is 8.16. The zero-order valence-electron chi connectivity index (χ0n) is 24.9. The molecule has 238 valence electrons. The van der Waals surface area contributed by atoms with E-state index < -0.39 is 37.4 Å². The van der Waals surface area contributed by atoms with Crippen LogP contribution in [0, 0.1) is 0 Å². The zero-order valence-corrected chi connectivity index (χ0v) is 26.6. The maximum atomic E-state index is 13.5. The Morgan fingerprint density at radius 2 is 1.91 bits per heavy atom. The van der Waals surface area contributed by atoms with Crippen molar-refractivity contribution in [1.29, 1.82) is 0 Å². The van der Waals surface area contributed by atoms with E-state index in [0.29, 0.717) is 62.8 Å². The number of rotatable bonds is 10. The fraction of sp³-hybridized carbons (Fsp3) is 0.607. The van der Waals surface area contributed by atoms with E-state index in [1.54, 1.807) is 18.2 Å². The molecule has 1 unspecified atom stereocenters. The number of aliphatic hydroxyl groups is 1. The maximum absolute atomic E-state index is 13.5. The first-order chi connectivity index (χ1) is 20.2. The second-order valence-corrected chi connectivity index (χ2v) is 15.9. The molecule has 3 aliphatic rings. The Labute approximate surface area is 253 Å². The molecule has 4 heterocycles. The first-order valence-electron chi connectivity index (χ1n) is 14.3. The normalized spacial score (nSPS) is 22.6. The van der Waals surface area contributed by atoms with Gasteiger partial charge in [-0.15, -0.1) is 0 Å². The number of nitrogens with zero attached hydrogens (tertiary/aromatic N) is 3. The number of anilines is 1. The largest absolute Gasteiger partial charge is 0.491 e. The van der Waals surface area contributed by atoms with E-state index in [4.69, 9.17) is 14.2 Å². The molecule has 1 aromatic carbocycles. The van der Waals surface area contributed by atoms with Crippen molar-refractivity contribution in [2.24, 2.45) is 0 Å². The van der Waals surface area contributed by atoms with Gasteiger partial charge in [-0.05, 0) is 58.4 Å². The first-order valence-corrected chi connectivity index (χ1v) is 17.3. The summed E-state index contributed by atoms with van der Waals surface area (Å²) in [7, 11) is -4.09. The summed E-state index contributed by atoms with van der Waals surface area (Å²) in [5.74, 6) is 0.773. The van der Waals surface area contributed by atoms with Gasteiger partial charge in [-0.3, -0.25) is 0 Å². The molecule has 0 amide bonds. The summed E-state index contributed by atoms with van der Waals surface area (Å²) >= 11 is 0. The summed E-state index contributed by atoms with van der Waals surface area (Å²) in [6.07, 6.45) is 2.38. The van der Waals surface area contributed by atoms with Gasteiger partial charge in [0.25, 0.3) is 0 Å². The van der Waals surface area contributed by atoms with Crippen molar-refractivity contribution in [2.45, 2.75) is 66.2 Å². The van der Waals surface area contributed by atoms with E-state index in [2.05, 4.69) is 15.0 Å². The maximum Gasteiger partial charge on any atom is 0.244 e. The average molecular weight is 640 g/mol. The van der Waals surface area contributed by atoms with E-state index in [1.165, 1.54) is 29.7 Å². The highest BCUT2D eigenvalue weighted by molar-refractivity contribution is 7.89. The van der Waals surface area contributed by atoms with Gasteiger partial charge < -0.3 is 29.5 Å². The number of ether oxygens (including phenoxy) is 3. The number of likely N-dealkylation sites (N-methyl/N-ethyl adjacent to an activating group) is 1. The Morgan fingerprint density at radius 1 is 1.16 bits per heavy atom. The molecule has 0 saturated carbocycles. The standard InChI is InChI=1S/C28H41N5O8S2/c1-27(2)19-32(4)25-13-24(16-31-26(25)41-27)43(37,38)33-10-8-28(9-11-33)14-20(17-40-28)30-15-21(34)18-39-22-6-5-7-23(12-22)42(35,36)29-3/h5-7,12-13,16,20-21,29-30,34H,8-11,14-15,17-19H2,1-4H3/t20-,21?/m1/s1. The van der Waals surface area contributed by atoms with Crippen molar-refractivity contribution in [1.82, 2.24) is 19.3 Å². The first kappa shape index (κ1) is 31.9. The molecule has 5 rings (SSSR count). The SMILES string of the molecule is CNS(=O)(=O)c1cccc(OCC(O)CN[C@H]2COC3(CCN(S(=O)(=O)c4cnc5c(c4)N(C)CC(C)(C)O5)CC3)C2)c1. The molecule has 13 nitrogen and oxygen atoms in total. The molecule has 0 bridgehead atoms. The van der Waals surface area contributed by atoms with Crippen molar-refractivity contribution < 1.29 is 36.2 Å². The Balaban J connectivity index is 1.10. The molecule has 1 spiro atoms. The minimum absolute atomic E-state index is 0.00606. The highest BCUT2D eigenvalue weighted by Gasteiger charge is 2.45. The molecule has 0 aliphatic carbocycles. The Bertz CT molecular complexity index is 1530. The van der Waals surface area contributed by atoms with Crippen molar-refractivity contribution in [3.63, 3.8) is 0 Å². The molecule has 2 atom stereocenters. The van der Waals surface area contributed by atoms with Gasteiger partial charge in [-0.1, -0.05) is 6.07 Å². The van der Waals surface area contributed by atoms with Gasteiger partial charge >= 0.3 is 0 Å². The van der Waals surface area contributed by atoms with Crippen LogP contribution < -0.4 is 24.4 Å². The van der Waals surface area contributed by atoms with Crippen LogP contribution in [0.5, 0.6) is 11.6 Å². The number of hydrogen-bond donors (Lipinski definition) is 3. The summed E-state index contributed by atoms with van der Waals surface area (Å²) < 4.78 is 72.5. The van der Waals surface area contributed by atoms with Crippen LogP contribution in [0.2, 0.25) is 0 Å². The van der Waals surface area contributed by atoms with E-state index in [9.17, 15) is 21.9 Å². The Kier molecular flexibility index (Phi) is 8.97. The lowest BCUT2D eigenvalue weighted by molar-refractivity contribution is -0.0312. The van der Waals surface area contributed by atoms with Crippen LogP contribution in [-0.4, -0.2) is 108 Å². The molecule has 15 heteroatoms. The minimum atomic E-state index is -3.74. The number of aromatic nitrogens is 1. The fourth-order valence-corrected chi connectivity index (χ4v) is 8.05. The van der Waals surface area contributed by atoms with Crippen molar-refractivity contribution >= 4 is 25.7 Å². The molecule has 2 saturated heterocycles. The van der Waals surface area contributed by atoms with Crippen LogP contribution >= 0.6 is 0 Å². The highest BCUT2D eigenvalue weighted by atomic mass is 32.2. The van der Waals surface area contributed by atoms with Gasteiger partial charge in [-0.25, -0.2) is 26.5 Å². The lowest BCUT2D eigenvalue weighted by atomic mass is 9.88. The highest BCUT2D eigenvalue weighted by Crippen LogP contribution is 2.39. The van der Waals surface area contributed by atoms with Crippen molar-refractivity contribution in [3.8, 4) is 11.6 Å². The molecule has 2 fully saturated rings. The van der Waals surface area contributed by atoms with Gasteiger partial charge in [0.15, 0.2) is 0 Å². The number of sulfonamides is 2. The molecule has 1 aromatic heterocycles. The van der Waals surface area contributed by atoms with Crippen LogP contribution in [0.1, 0.15) is 33.1 Å². The lowest BCUT2D eigenvalue weighted by Gasteiger charge is -2.39. The number of aliphatic hydroxyl groups excluding tert-OH is 1. The van der Waals surface area contributed by atoms with Crippen LogP contribution in [0.4, 0.5) is 5.69 Å². The quantitative estimate of drug-likeness (QED) is 0.340. The predicted octanol–water partition coefficient (Wildman–Crippen LogP) is 0.939. The van der Waals surface area contributed by atoms with E-state index in [0.717, 1.165) is 0 Å². The number of fused-ring (bicyclic) bond motifs is 1. The van der Waals surface area contributed by atoms with E-state index >= 15 is 0 Å². The number of nitrogens with one attached hydrogen (secondary N) is 2. The van der Waals surface area contributed by atoms with Gasteiger partial charge in [0.05, 0.1) is 29.8 Å². The van der Waals surface area contributed by atoms with E-state index in [-0.39, 0.29) is 29.0 Å². The number of pyridine rings is 1. The summed E-state index contributed by atoms with van der Waals surface area (Å²) in [6.45, 7) is 5.93. The van der Waals surface area contributed by atoms with Crippen LogP contribution in [0.15, 0.2) is 46.3 Å². The fourth-order valence-electron chi connectivity index (χ4n) is 5.88. The van der Waals surface area contributed by atoms with Crippen LogP contribution in [0.3, 0.4) is 0 Å². The smallest absolute Gasteiger partial charge is 0.244 e. The lowest BCUT2D eigenvalue weighted by Crippen LogP contribution is -2.47. The molecule has 2 aromatic rings. The molecule has 3 N–H and O–H groups in total. The van der Waals surface area contributed by atoms with Gasteiger partial charge in [-0.2, -0.15) is 4.31 Å². The third kappa shape index (κ3) is 7.08. The monoisotopic (exact) mass is 639 g/mol. The third-order valence-corrected chi connectivity index (χ3v) is 11.4. The van der Waals surface area contributed by atoms with Gasteiger partial charge in [0.1, 0.15) is 34.6 Å². The summed E-state index contributed by atoms with van der Waals surface area (Å²) in [6, 6.07) is 7.72. The Morgan fingerprint density at radius 3 is 2.63 bits per heavy atom. The van der Waals surface area contributed by atoms with Crippen molar-refractivity contribution in [3.05, 3.63) is 36.5 Å². The van der Waals surface area contributed by atoms with E-state index in [1.807, 2.05) is 25.8 Å². The summed E-state index contributed by atoms with van der Waals surface area (Å²) in [5.41, 5.74) is -0.176. The molecular formula is C28H41N5O8S2. The molecule has 3 aliphatic heterocycles.